The number of methoxy groups -OCH3 is 3. The molecule has 1 heterocycles. The SMILES string of the molecule is CCOC(=O)C1=C(O)/C(=C/c2cc(OC)c(OC)c(OC)c2)SC1=Nc1ccc([N+](=O)[O-])cc1. The molecule has 0 saturated heterocycles. The summed E-state index contributed by atoms with van der Waals surface area (Å²) in [5, 5.41) is 21.9. The van der Waals surface area contributed by atoms with Gasteiger partial charge in [0.05, 0.1) is 43.5 Å². The maximum absolute atomic E-state index is 12.6. The van der Waals surface area contributed by atoms with Crippen LogP contribution in [0.25, 0.3) is 6.08 Å². The van der Waals surface area contributed by atoms with E-state index in [9.17, 15) is 20.0 Å². The maximum Gasteiger partial charge on any atom is 0.344 e. The van der Waals surface area contributed by atoms with Gasteiger partial charge in [0.15, 0.2) is 11.5 Å². The highest BCUT2D eigenvalue weighted by molar-refractivity contribution is 8.18. The van der Waals surface area contributed by atoms with E-state index in [1.807, 2.05) is 0 Å². The molecule has 0 saturated carbocycles. The number of esters is 1. The number of aliphatic imine (C=N–C) groups is 1. The molecule has 11 heteroatoms. The molecule has 0 atom stereocenters. The third-order valence-corrected chi connectivity index (χ3v) is 5.67. The quantitative estimate of drug-likeness (QED) is 0.317. The average Bonchev–Trinajstić information content (AvgIpc) is 3.13. The Balaban J connectivity index is 2.07. The van der Waals surface area contributed by atoms with Gasteiger partial charge in [0.25, 0.3) is 5.69 Å². The zero-order chi connectivity index (χ0) is 24.8. The summed E-state index contributed by atoms with van der Waals surface area (Å²) in [6, 6.07) is 8.90. The Kier molecular flexibility index (Phi) is 7.79. The lowest BCUT2D eigenvalue weighted by molar-refractivity contribution is -0.384. The molecule has 10 nitrogen and oxygen atoms in total. The van der Waals surface area contributed by atoms with Crippen molar-refractivity contribution >= 4 is 40.2 Å². The minimum Gasteiger partial charge on any atom is -0.506 e. The number of aliphatic hydroxyl groups excluding tert-OH is 1. The predicted octanol–water partition coefficient (Wildman–Crippen LogP) is 4.81. The van der Waals surface area contributed by atoms with Gasteiger partial charge < -0.3 is 24.1 Å². The summed E-state index contributed by atoms with van der Waals surface area (Å²) in [5.74, 6) is 0.231. The molecule has 34 heavy (non-hydrogen) atoms. The standard InChI is InChI=1S/C23H22N2O8S/c1-5-33-23(27)19-20(26)18(12-13-10-16(30-2)21(32-4)17(11-13)31-3)34-22(19)24-14-6-8-15(9-7-14)25(28)29/h6-12,26H,5H2,1-4H3/b18-12-,24-22?. The number of thioether (sulfide) groups is 1. The van der Waals surface area contributed by atoms with Crippen LogP contribution in [-0.4, -0.2) is 49.0 Å². The number of non-ortho nitro benzene ring substituents is 1. The molecule has 0 aromatic heterocycles. The molecule has 1 N–H and O–H groups in total. The first-order valence-electron chi connectivity index (χ1n) is 9.96. The van der Waals surface area contributed by atoms with Crippen LogP contribution in [-0.2, 0) is 9.53 Å². The number of nitro benzene ring substituents is 1. The summed E-state index contributed by atoms with van der Waals surface area (Å²) in [6.07, 6.45) is 1.64. The topological polar surface area (TPSA) is 130 Å². The third-order valence-electron chi connectivity index (χ3n) is 4.65. The maximum atomic E-state index is 12.6. The molecule has 0 unspecified atom stereocenters. The van der Waals surface area contributed by atoms with Crippen LogP contribution in [0, 0.1) is 10.1 Å². The number of hydrogen-bond acceptors (Lipinski definition) is 10. The molecule has 1 aliphatic rings. The summed E-state index contributed by atoms with van der Waals surface area (Å²) in [4.78, 5) is 27.7. The van der Waals surface area contributed by atoms with Gasteiger partial charge in [-0.25, -0.2) is 9.79 Å². The fourth-order valence-corrected chi connectivity index (χ4v) is 4.13. The van der Waals surface area contributed by atoms with Gasteiger partial charge in [-0.1, -0.05) is 11.8 Å². The predicted molar refractivity (Wildman–Crippen MR) is 128 cm³/mol. The van der Waals surface area contributed by atoms with Crippen molar-refractivity contribution in [2.75, 3.05) is 27.9 Å². The van der Waals surface area contributed by atoms with Gasteiger partial charge in [-0.15, -0.1) is 0 Å². The Morgan fingerprint density at radius 3 is 2.24 bits per heavy atom. The van der Waals surface area contributed by atoms with Crippen molar-refractivity contribution < 1.29 is 33.8 Å². The van der Waals surface area contributed by atoms with Crippen LogP contribution in [0.3, 0.4) is 0 Å². The lowest BCUT2D eigenvalue weighted by atomic mass is 10.1. The normalized spacial score (nSPS) is 15.5. The molecule has 1 aliphatic heterocycles. The van der Waals surface area contributed by atoms with Gasteiger partial charge in [-0.2, -0.15) is 0 Å². The molecule has 0 bridgehead atoms. The van der Waals surface area contributed by atoms with Crippen molar-refractivity contribution in [3.8, 4) is 17.2 Å². The number of nitro groups is 1. The van der Waals surface area contributed by atoms with Crippen molar-refractivity contribution in [1.82, 2.24) is 0 Å². The Labute approximate surface area is 199 Å². The molecule has 0 amide bonds. The number of aliphatic hydroxyl groups is 1. The Morgan fingerprint density at radius 1 is 1.12 bits per heavy atom. The zero-order valence-electron chi connectivity index (χ0n) is 18.9. The fraction of sp³-hybridized carbons (Fsp3) is 0.217. The van der Waals surface area contributed by atoms with Crippen molar-refractivity contribution in [1.29, 1.82) is 0 Å². The van der Waals surface area contributed by atoms with E-state index in [0.717, 1.165) is 11.8 Å². The zero-order valence-corrected chi connectivity index (χ0v) is 19.7. The number of rotatable bonds is 8. The number of carbonyl (C=O) groups excluding carboxylic acids is 1. The molecular weight excluding hydrogens is 464 g/mol. The summed E-state index contributed by atoms with van der Waals surface area (Å²) in [7, 11) is 4.47. The summed E-state index contributed by atoms with van der Waals surface area (Å²) >= 11 is 1.06. The van der Waals surface area contributed by atoms with Crippen LogP contribution in [0.4, 0.5) is 11.4 Å². The highest BCUT2D eigenvalue weighted by atomic mass is 32.2. The van der Waals surface area contributed by atoms with Gasteiger partial charge >= 0.3 is 5.97 Å². The number of carbonyl (C=O) groups is 1. The van der Waals surface area contributed by atoms with Crippen LogP contribution < -0.4 is 14.2 Å². The van der Waals surface area contributed by atoms with Crippen LogP contribution in [0.2, 0.25) is 0 Å². The Morgan fingerprint density at radius 2 is 1.74 bits per heavy atom. The van der Waals surface area contributed by atoms with E-state index in [1.54, 1.807) is 25.1 Å². The third kappa shape index (κ3) is 5.15. The number of ether oxygens (including phenoxy) is 4. The first-order valence-corrected chi connectivity index (χ1v) is 10.8. The van der Waals surface area contributed by atoms with E-state index < -0.39 is 10.9 Å². The van der Waals surface area contributed by atoms with E-state index in [4.69, 9.17) is 18.9 Å². The highest BCUT2D eigenvalue weighted by Gasteiger charge is 2.33. The van der Waals surface area contributed by atoms with Crippen LogP contribution in [0.15, 0.2) is 57.6 Å². The van der Waals surface area contributed by atoms with E-state index in [0.29, 0.717) is 33.4 Å². The minimum atomic E-state index is -0.735. The molecule has 2 aromatic rings. The fourth-order valence-electron chi connectivity index (χ4n) is 3.09. The molecule has 0 radical (unpaired) electrons. The first kappa shape index (κ1) is 24.6. The average molecular weight is 487 g/mol. The lowest BCUT2D eigenvalue weighted by Gasteiger charge is -2.13. The van der Waals surface area contributed by atoms with Crippen LogP contribution in [0.1, 0.15) is 12.5 Å². The molecule has 0 fully saturated rings. The smallest absolute Gasteiger partial charge is 0.344 e. The van der Waals surface area contributed by atoms with E-state index in [-0.39, 0.29) is 28.7 Å². The second-order valence-corrected chi connectivity index (χ2v) is 7.73. The minimum absolute atomic E-state index is 0.0879. The molecule has 0 aliphatic carbocycles. The van der Waals surface area contributed by atoms with Gasteiger partial charge in [-0.05, 0) is 42.8 Å². The van der Waals surface area contributed by atoms with Gasteiger partial charge in [0.2, 0.25) is 5.75 Å². The van der Waals surface area contributed by atoms with Crippen molar-refractivity contribution in [2.45, 2.75) is 6.92 Å². The molecular formula is C23H22N2O8S. The first-order chi connectivity index (χ1) is 16.3. The summed E-state index contributed by atoms with van der Waals surface area (Å²) in [5.41, 5.74) is 0.805. The largest absolute Gasteiger partial charge is 0.506 e. The molecule has 3 rings (SSSR count). The van der Waals surface area contributed by atoms with Crippen LogP contribution in [0.5, 0.6) is 17.2 Å². The lowest BCUT2D eigenvalue weighted by Crippen LogP contribution is -2.12. The highest BCUT2D eigenvalue weighted by Crippen LogP contribution is 2.43. The second kappa shape index (κ2) is 10.8. The van der Waals surface area contributed by atoms with Crippen molar-refractivity contribution in [2.24, 2.45) is 4.99 Å². The number of nitrogens with zero attached hydrogens (tertiary/aromatic N) is 2. The Hall–Kier alpha value is -3.99. The van der Waals surface area contributed by atoms with Crippen molar-refractivity contribution in [3.05, 3.63) is 68.3 Å². The summed E-state index contributed by atoms with van der Waals surface area (Å²) in [6.45, 7) is 1.76. The van der Waals surface area contributed by atoms with E-state index in [2.05, 4.69) is 4.99 Å². The van der Waals surface area contributed by atoms with Gasteiger partial charge in [-0.3, -0.25) is 10.1 Å². The summed E-state index contributed by atoms with van der Waals surface area (Å²) < 4.78 is 21.2. The van der Waals surface area contributed by atoms with Gasteiger partial charge in [0, 0.05) is 12.1 Å². The second-order valence-electron chi connectivity index (χ2n) is 6.70. The van der Waals surface area contributed by atoms with Crippen LogP contribution >= 0.6 is 11.8 Å². The Bertz CT molecular complexity index is 1180. The van der Waals surface area contributed by atoms with E-state index in [1.165, 1.54) is 45.6 Å². The van der Waals surface area contributed by atoms with Crippen molar-refractivity contribution in [3.63, 3.8) is 0 Å². The van der Waals surface area contributed by atoms with Gasteiger partial charge in [0.1, 0.15) is 16.4 Å². The number of hydrogen-bond donors (Lipinski definition) is 1. The molecule has 2 aromatic carbocycles. The molecule has 178 valence electrons. The van der Waals surface area contributed by atoms with E-state index >= 15 is 0 Å². The molecule has 0 spiro atoms. The number of benzene rings is 2. The monoisotopic (exact) mass is 486 g/mol.